The Labute approximate surface area is 160 Å². The van der Waals surface area contributed by atoms with Crippen molar-refractivity contribution in [3.8, 4) is 0 Å². The summed E-state index contributed by atoms with van der Waals surface area (Å²) in [6.45, 7) is 6.22. The van der Waals surface area contributed by atoms with Crippen LogP contribution in [0.25, 0.3) is 0 Å². The minimum Gasteiger partial charge on any atom is -0.368 e. The van der Waals surface area contributed by atoms with E-state index in [9.17, 15) is 0 Å². The molecule has 0 unspecified atom stereocenters. The molecule has 0 atom stereocenters. The number of H-pyrrole nitrogens is 1. The van der Waals surface area contributed by atoms with Crippen LogP contribution in [0.5, 0.6) is 0 Å². The molecule has 0 spiro atoms. The fraction of sp³-hybridized carbons (Fsp3) is 0.312. The molecule has 136 valence electrons. The van der Waals surface area contributed by atoms with E-state index >= 15 is 0 Å². The molecule has 0 bridgehead atoms. The monoisotopic (exact) mass is 390 g/mol. The molecule has 3 rings (SSSR count). The zero-order valence-corrected chi connectivity index (χ0v) is 16.2. The van der Waals surface area contributed by atoms with Gasteiger partial charge in [0, 0.05) is 16.1 Å². The Morgan fingerprint density at radius 2 is 1.85 bits per heavy atom. The molecule has 26 heavy (non-hydrogen) atoms. The van der Waals surface area contributed by atoms with Crippen LogP contribution in [0, 0.1) is 0 Å². The van der Waals surface area contributed by atoms with Gasteiger partial charge in [0.1, 0.15) is 11.6 Å². The second-order valence-corrected chi connectivity index (χ2v) is 7.95. The SMILES string of the molecule is CC(C)(C)c1nc(SCc2nc(N)nc(Nc3ccc(Cl)cc3)n2)n[nH]1. The van der Waals surface area contributed by atoms with Crippen molar-refractivity contribution < 1.29 is 0 Å². The van der Waals surface area contributed by atoms with E-state index < -0.39 is 0 Å². The van der Waals surface area contributed by atoms with Crippen molar-refractivity contribution in [3.63, 3.8) is 0 Å². The van der Waals surface area contributed by atoms with Gasteiger partial charge in [0.05, 0.1) is 5.75 Å². The minimum absolute atomic E-state index is 0.0843. The number of hydrogen-bond donors (Lipinski definition) is 3. The molecule has 3 aromatic rings. The summed E-state index contributed by atoms with van der Waals surface area (Å²) in [7, 11) is 0. The van der Waals surface area contributed by atoms with Crippen molar-refractivity contribution in [1.29, 1.82) is 0 Å². The number of nitrogens with one attached hydrogen (secondary N) is 2. The number of anilines is 3. The highest BCUT2D eigenvalue weighted by Crippen LogP contribution is 2.23. The third-order valence-corrected chi connectivity index (χ3v) is 4.40. The average molecular weight is 391 g/mol. The fourth-order valence-electron chi connectivity index (χ4n) is 2.00. The Bertz CT molecular complexity index is 888. The lowest BCUT2D eigenvalue weighted by Gasteiger charge is -2.12. The Hall–Kier alpha value is -2.39. The summed E-state index contributed by atoms with van der Waals surface area (Å²) >= 11 is 7.32. The van der Waals surface area contributed by atoms with E-state index in [-0.39, 0.29) is 11.4 Å². The normalized spacial score (nSPS) is 11.5. The van der Waals surface area contributed by atoms with Gasteiger partial charge in [0.15, 0.2) is 0 Å². The molecule has 0 aliphatic rings. The van der Waals surface area contributed by atoms with Gasteiger partial charge in [-0.05, 0) is 24.3 Å². The zero-order chi connectivity index (χ0) is 18.7. The number of aromatic nitrogens is 6. The lowest BCUT2D eigenvalue weighted by molar-refractivity contribution is 0.547. The average Bonchev–Trinajstić information content (AvgIpc) is 3.04. The zero-order valence-electron chi connectivity index (χ0n) is 14.6. The first-order valence-corrected chi connectivity index (χ1v) is 9.25. The van der Waals surface area contributed by atoms with Crippen molar-refractivity contribution >= 4 is 40.9 Å². The standard InChI is InChI=1S/C16H19ClN8S/c1-16(2,3)12-22-15(25-24-12)26-8-11-20-13(18)23-14(21-11)19-10-6-4-9(17)5-7-10/h4-7H,8H2,1-3H3,(H,22,24,25)(H3,18,19,20,21,23). The summed E-state index contributed by atoms with van der Waals surface area (Å²) < 4.78 is 0. The van der Waals surface area contributed by atoms with Gasteiger partial charge in [-0.3, -0.25) is 5.10 Å². The molecule has 4 N–H and O–H groups in total. The first-order valence-electron chi connectivity index (χ1n) is 7.88. The van der Waals surface area contributed by atoms with Gasteiger partial charge in [-0.1, -0.05) is 44.1 Å². The summed E-state index contributed by atoms with van der Waals surface area (Å²) in [5.41, 5.74) is 6.52. The number of nitrogens with two attached hydrogens (primary N) is 1. The molecule has 10 heteroatoms. The van der Waals surface area contributed by atoms with Crippen LogP contribution in [-0.4, -0.2) is 30.1 Å². The van der Waals surface area contributed by atoms with Gasteiger partial charge in [-0.2, -0.15) is 15.0 Å². The van der Waals surface area contributed by atoms with Gasteiger partial charge >= 0.3 is 0 Å². The Balaban J connectivity index is 1.69. The van der Waals surface area contributed by atoms with Crippen molar-refractivity contribution in [1.82, 2.24) is 30.1 Å². The number of nitrogen functional groups attached to an aromatic ring is 1. The Morgan fingerprint density at radius 1 is 1.12 bits per heavy atom. The van der Waals surface area contributed by atoms with E-state index in [1.54, 1.807) is 12.1 Å². The molecule has 8 nitrogen and oxygen atoms in total. The van der Waals surface area contributed by atoms with Crippen molar-refractivity contribution in [2.24, 2.45) is 0 Å². The highest BCUT2D eigenvalue weighted by atomic mass is 35.5. The summed E-state index contributed by atoms with van der Waals surface area (Å²) in [5.74, 6) is 2.38. The number of hydrogen-bond acceptors (Lipinski definition) is 8. The van der Waals surface area contributed by atoms with Gasteiger partial charge < -0.3 is 11.1 Å². The van der Waals surface area contributed by atoms with Crippen LogP contribution in [0.1, 0.15) is 32.4 Å². The third kappa shape index (κ3) is 4.83. The molecular weight excluding hydrogens is 372 g/mol. The second kappa shape index (κ2) is 7.46. The smallest absolute Gasteiger partial charge is 0.232 e. The highest BCUT2D eigenvalue weighted by Gasteiger charge is 2.19. The van der Waals surface area contributed by atoms with Crippen molar-refractivity contribution in [3.05, 3.63) is 40.9 Å². The quantitative estimate of drug-likeness (QED) is 0.566. The Morgan fingerprint density at radius 3 is 2.50 bits per heavy atom. The largest absolute Gasteiger partial charge is 0.368 e. The van der Waals surface area contributed by atoms with Gasteiger partial charge in [0.25, 0.3) is 0 Å². The lowest BCUT2D eigenvalue weighted by Crippen LogP contribution is -2.13. The van der Waals surface area contributed by atoms with E-state index in [0.29, 0.717) is 27.7 Å². The van der Waals surface area contributed by atoms with Crippen LogP contribution >= 0.6 is 23.4 Å². The van der Waals surface area contributed by atoms with E-state index in [4.69, 9.17) is 17.3 Å². The topological polar surface area (TPSA) is 118 Å². The second-order valence-electron chi connectivity index (χ2n) is 6.57. The molecule has 0 aliphatic carbocycles. The number of nitrogens with zero attached hydrogens (tertiary/aromatic N) is 5. The van der Waals surface area contributed by atoms with E-state index in [1.165, 1.54) is 11.8 Å². The lowest BCUT2D eigenvalue weighted by atomic mass is 9.96. The summed E-state index contributed by atoms with van der Waals surface area (Å²) in [6, 6.07) is 7.22. The first-order chi connectivity index (χ1) is 12.3. The highest BCUT2D eigenvalue weighted by molar-refractivity contribution is 7.98. The first kappa shape index (κ1) is 18.4. The maximum Gasteiger partial charge on any atom is 0.232 e. The molecule has 0 radical (unpaired) electrons. The molecule has 0 fully saturated rings. The van der Waals surface area contributed by atoms with E-state index in [0.717, 1.165) is 11.5 Å². The summed E-state index contributed by atoms with van der Waals surface area (Å²) in [4.78, 5) is 17.1. The molecule has 0 saturated heterocycles. The van der Waals surface area contributed by atoms with Crippen LogP contribution < -0.4 is 11.1 Å². The molecule has 1 aromatic carbocycles. The third-order valence-electron chi connectivity index (χ3n) is 3.31. The maximum atomic E-state index is 5.89. The minimum atomic E-state index is -0.0843. The maximum absolute atomic E-state index is 5.89. The molecule has 0 saturated carbocycles. The van der Waals surface area contributed by atoms with Crippen LogP contribution in [0.2, 0.25) is 5.02 Å². The van der Waals surface area contributed by atoms with Gasteiger partial charge in [-0.25, -0.2) is 4.98 Å². The Kier molecular flexibility index (Phi) is 5.28. The van der Waals surface area contributed by atoms with Crippen LogP contribution in [0.3, 0.4) is 0 Å². The number of rotatable bonds is 5. The van der Waals surface area contributed by atoms with Crippen LogP contribution in [0.15, 0.2) is 29.4 Å². The van der Waals surface area contributed by atoms with Crippen LogP contribution in [-0.2, 0) is 11.2 Å². The predicted octanol–water partition coefficient (Wildman–Crippen LogP) is 3.56. The summed E-state index contributed by atoms with van der Waals surface area (Å²) in [6.07, 6.45) is 0. The van der Waals surface area contributed by atoms with E-state index in [2.05, 4.69) is 56.2 Å². The number of thioether (sulfide) groups is 1. The molecular formula is C16H19ClN8S. The fourth-order valence-corrected chi connectivity index (χ4v) is 2.78. The molecule has 0 amide bonds. The van der Waals surface area contributed by atoms with Crippen molar-refractivity contribution in [2.75, 3.05) is 11.1 Å². The number of halogens is 1. The molecule has 0 aliphatic heterocycles. The van der Waals surface area contributed by atoms with Crippen LogP contribution in [0.4, 0.5) is 17.6 Å². The number of benzene rings is 1. The van der Waals surface area contributed by atoms with E-state index in [1.807, 2.05) is 12.1 Å². The molecule has 2 heterocycles. The molecule has 2 aromatic heterocycles. The predicted molar refractivity (Wildman–Crippen MR) is 104 cm³/mol. The van der Waals surface area contributed by atoms with Gasteiger partial charge in [-0.15, -0.1) is 5.10 Å². The van der Waals surface area contributed by atoms with Crippen molar-refractivity contribution in [2.45, 2.75) is 37.1 Å². The number of aromatic amines is 1. The summed E-state index contributed by atoms with van der Waals surface area (Å²) in [5, 5.41) is 11.6. The van der Waals surface area contributed by atoms with Gasteiger partial charge in [0.2, 0.25) is 17.1 Å².